The van der Waals surface area contributed by atoms with Crippen LogP contribution in [-0.2, 0) is 4.79 Å². The third kappa shape index (κ3) is 3.18. The van der Waals surface area contributed by atoms with Gasteiger partial charge in [0.25, 0.3) is 0 Å². The third-order valence-electron chi connectivity index (χ3n) is 3.02. The maximum atomic E-state index is 11.7. The maximum absolute atomic E-state index is 11.7. The molecule has 0 aromatic heterocycles. The van der Waals surface area contributed by atoms with Crippen LogP contribution < -0.4 is 16.0 Å². The Kier molecular flexibility index (Phi) is 4.70. The molecule has 0 spiro atoms. The van der Waals surface area contributed by atoms with E-state index in [4.69, 9.17) is 0 Å². The second-order valence-electron chi connectivity index (χ2n) is 4.01. The van der Waals surface area contributed by atoms with Gasteiger partial charge in [-0.2, -0.15) is 0 Å². The van der Waals surface area contributed by atoms with E-state index >= 15 is 0 Å². The number of hydrogen-bond donors (Lipinski definition) is 3. The van der Waals surface area contributed by atoms with Crippen LogP contribution in [0, 0.1) is 0 Å². The molecule has 92 valence electrons. The van der Waals surface area contributed by atoms with Gasteiger partial charge in [-0.25, -0.2) is 4.79 Å². The Morgan fingerprint density at radius 3 is 2.56 bits per heavy atom. The molecule has 16 heavy (non-hydrogen) atoms. The Hall–Kier alpha value is -1.14. The number of imide groups is 1. The van der Waals surface area contributed by atoms with E-state index in [1.807, 2.05) is 14.0 Å². The molecule has 1 aliphatic heterocycles. The van der Waals surface area contributed by atoms with E-state index in [0.717, 1.165) is 19.5 Å². The first-order chi connectivity index (χ1) is 7.58. The van der Waals surface area contributed by atoms with Gasteiger partial charge in [-0.3, -0.25) is 15.0 Å². The van der Waals surface area contributed by atoms with E-state index in [-0.39, 0.29) is 11.9 Å². The van der Waals surface area contributed by atoms with E-state index < -0.39 is 6.03 Å². The van der Waals surface area contributed by atoms with Crippen molar-refractivity contribution in [3.8, 4) is 0 Å². The van der Waals surface area contributed by atoms with Gasteiger partial charge in [0.1, 0.15) is 0 Å². The number of likely N-dealkylation sites (N-methyl/N-ethyl adjacent to an activating group) is 1. The van der Waals surface area contributed by atoms with Crippen molar-refractivity contribution in [2.45, 2.75) is 25.4 Å². The molecule has 2 atom stereocenters. The fourth-order valence-electron chi connectivity index (χ4n) is 1.82. The fraction of sp³-hybridized carbons (Fsp3) is 0.800. The molecule has 3 amide bonds. The molecule has 1 heterocycles. The Morgan fingerprint density at radius 2 is 2.06 bits per heavy atom. The van der Waals surface area contributed by atoms with Crippen molar-refractivity contribution in [3.05, 3.63) is 0 Å². The maximum Gasteiger partial charge on any atom is 0.321 e. The van der Waals surface area contributed by atoms with E-state index in [2.05, 4.69) is 20.9 Å². The molecule has 6 nitrogen and oxygen atoms in total. The lowest BCUT2D eigenvalue weighted by atomic mass is 10.2. The summed E-state index contributed by atoms with van der Waals surface area (Å²) in [6.45, 7) is 3.54. The van der Waals surface area contributed by atoms with Crippen molar-refractivity contribution in [2.24, 2.45) is 0 Å². The summed E-state index contributed by atoms with van der Waals surface area (Å²) in [5.41, 5.74) is 0. The molecule has 0 bridgehead atoms. The van der Waals surface area contributed by atoms with E-state index in [0.29, 0.717) is 6.04 Å². The minimum atomic E-state index is -0.457. The Balaban J connectivity index is 2.42. The lowest BCUT2D eigenvalue weighted by Crippen LogP contribution is -2.48. The molecule has 0 aromatic rings. The van der Waals surface area contributed by atoms with Crippen molar-refractivity contribution in [1.82, 2.24) is 20.9 Å². The Bertz CT molecular complexity index is 270. The summed E-state index contributed by atoms with van der Waals surface area (Å²) >= 11 is 0. The predicted molar refractivity (Wildman–Crippen MR) is 61.1 cm³/mol. The number of carbonyl (C=O) groups is 2. The normalized spacial score (nSPS) is 22.8. The lowest BCUT2D eigenvalue weighted by molar-refractivity contribution is -0.124. The van der Waals surface area contributed by atoms with Crippen LogP contribution in [-0.4, -0.2) is 56.1 Å². The topological polar surface area (TPSA) is 73.5 Å². The van der Waals surface area contributed by atoms with Crippen molar-refractivity contribution < 1.29 is 9.59 Å². The first kappa shape index (κ1) is 12.9. The van der Waals surface area contributed by atoms with Crippen LogP contribution in [0.1, 0.15) is 13.3 Å². The average Bonchev–Trinajstić information content (AvgIpc) is 2.76. The van der Waals surface area contributed by atoms with Gasteiger partial charge in [-0.1, -0.05) is 0 Å². The molecular weight excluding hydrogens is 208 g/mol. The zero-order valence-electron chi connectivity index (χ0n) is 10.0. The molecule has 0 saturated carbocycles. The van der Waals surface area contributed by atoms with E-state index in [1.54, 1.807) is 0 Å². The fourth-order valence-corrected chi connectivity index (χ4v) is 1.82. The minimum absolute atomic E-state index is 0.254. The number of amides is 3. The molecule has 0 radical (unpaired) electrons. The van der Waals surface area contributed by atoms with Gasteiger partial charge >= 0.3 is 6.03 Å². The number of carbonyl (C=O) groups excluding carboxylic acids is 2. The number of nitrogens with zero attached hydrogens (tertiary/aromatic N) is 1. The van der Waals surface area contributed by atoms with Crippen LogP contribution in [0.4, 0.5) is 4.79 Å². The number of nitrogens with one attached hydrogen (secondary N) is 3. The summed E-state index contributed by atoms with van der Waals surface area (Å²) in [5, 5.41) is 7.83. The monoisotopic (exact) mass is 228 g/mol. The van der Waals surface area contributed by atoms with Gasteiger partial charge in [-0.05, 0) is 20.4 Å². The van der Waals surface area contributed by atoms with Crippen LogP contribution in [0.5, 0.6) is 0 Å². The summed E-state index contributed by atoms with van der Waals surface area (Å²) in [7, 11) is 3.41. The SMILES string of the molecule is CNC(=O)NC(=O)C(C)N1CCC(NC)C1. The van der Waals surface area contributed by atoms with Crippen molar-refractivity contribution in [3.63, 3.8) is 0 Å². The largest absolute Gasteiger partial charge is 0.341 e. The number of rotatable bonds is 3. The standard InChI is InChI=1S/C10H20N4O2/c1-7(9(15)13-10(16)12-3)14-5-4-8(6-14)11-2/h7-8,11H,4-6H2,1-3H3,(H2,12,13,15,16). The van der Waals surface area contributed by atoms with Crippen LogP contribution in [0.25, 0.3) is 0 Å². The van der Waals surface area contributed by atoms with Crippen LogP contribution >= 0.6 is 0 Å². The van der Waals surface area contributed by atoms with Gasteiger partial charge in [0.2, 0.25) is 5.91 Å². The van der Waals surface area contributed by atoms with E-state index in [9.17, 15) is 9.59 Å². The zero-order valence-corrected chi connectivity index (χ0v) is 10.0. The quantitative estimate of drug-likeness (QED) is 0.587. The average molecular weight is 228 g/mol. The number of hydrogen-bond acceptors (Lipinski definition) is 4. The van der Waals surface area contributed by atoms with Crippen molar-refractivity contribution >= 4 is 11.9 Å². The molecule has 1 saturated heterocycles. The molecule has 2 unspecified atom stereocenters. The molecule has 1 aliphatic rings. The van der Waals surface area contributed by atoms with Crippen molar-refractivity contribution in [1.29, 1.82) is 0 Å². The summed E-state index contributed by atoms with van der Waals surface area (Å²) < 4.78 is 0. The van der Waals surface area contributed by atoms with E-state index in [1.165, 1.54) is 7.05 Å². The third-order valence-corrected chi connectivity index (χ3v) is 3.02. The molecule has 3 N–H and O–H groups in total. The number of likely N-dealkylation sites (tertiary alicyclic amines) is 1. The highest BCUT2D eigenvalue weighted by atomic mass is 16.2. The lowest BCUT2D eigenvalue weighted by Gasteiger charge is -2.22. The highest BCUT2D eigenvalue weighted by molar-refractivity contribution is 5.96. The number of urea groups is 1. The second kappa shape index (κ2) is 5.81. The molecule has 0 aliphatic carbocycles. The zero-order chi connectivity index (χ0) is 12.1. The Labute approximate surface area is 95.8 Å². The summed E-state index contributed by atoms with van der Waals surface area (Å²) in [5.74, 6) is -0.254. The second-order valence-corrected chi connectivity index (χ2v) is 4.01. The molecule has 1 rings (SSSR count). The predicted octanol–water partition coefficient (Wildman–Crippen LogP) is -0.876. The first-order valence-electron chi connectivity index (χ1n) is 5.52. The van der Waals surface area contributed by atoms with Gasteiger partial charge in [0.15, 0.2) is 0 Å². The van der Waals surface area contributed by atoms with Crippen LogP contribution in [0.15, 0.2) is 0 Å². The van der Waals surface area contributed by atoms with Crippen LogP contribution in [0.2, 0.25) is 0 Å². The van der Waals surface area contributed by atoms with Crippen molar-refractivity contribution in [2.75, 3.05) is 27.2 Å². The smallest absolute Gasteiger partial charge is 0.321 e. The highest BCUT2D eigenvalue weighted by Gasteiger charge is 2.29. The first-order valence-corrected chi connectivity index (χ1v) is 5.52. The summed E-state index contributed by atoms with van der Waals surface area (Å²) in [4.78, 5) is 24.7. The summed E-state index contributed by atoms with van der Waals surface area (Å²) in [6.07, 6.45) is 1.04. The molecule has 0 aromatic carbocycles. The molecular formula is C10H20N4O2. The van der Waals surface area contributed by atoms with Gasteiger partial charge in [0.05, 0.1) is 6.04 Å². The Morgan fingerprint density at radius 1 is 1.38 bits per heavy atom. The van der Waals surface area contributed by atoms with Gasteiger partial charge in [0, 0.05) is 26.2 Å². The highest BCUT2D eigenvalue weighted by Crippen LogP contribution is 2.12. The minimum Gasteiger partial charge on any atom is -0.341 e. The molecule has 1 fully saturated rings. The molecule has 6 heteroatoms. The summed E-state index contributed by atoms with van der Waals surface area (Å²) in [6, 6.07) is -0.285. The van der Waals surface area contributed by atoms with Gasteiger partial charge in [-0.15, -0.1) is 0 Å². The van der Waals surface area contributed by atoms with Crippen LogP contribution in [0.3, 0.4) is 0 Å². The van der Waals surface area contributed by atoms with Gasteiger partial charge < -0.3 is 10.6 Å².